The Kier molecular flexibility index (Phi) is 5.45. The zero-order valence-corrected chi connectivity index (χ0v) is 5.80. The molecule has 3 heteroatoms. The normalized spacial score (nSPS) is 8.40. The van der Waals surface area contributed by atoms with E-state index in [9.17, 15) is 4.79 Å². The van der Waals surface area contributed by atoms with Gasteiger partial charge in [-0.25, -0.2) is 0 Å². The molecule has 0 atom stereocenters. The number of hydrogen-bond donors (Lipinski definition) is 0. The second kappa shape index (κ2) is 6.09. The van der Waals surface area contributed by atoms with E-state index in [0.717, 1.165) is 12.8 Å². The summed E-state index contributed by atoms with van der Waals surface area (Å²) in [5.74, 6) is -0.448. The van der Waals surface area contributed by atoms with Gasteiger partial charge in [-0.3, -0.25) is 4.79 Å². The SMILES string of the molecule is [CH2]CCCOC(=O)CC#N. The first kappa shape index (κ1) is 8.96. The molecule has 0 heterocycles. The highest BCUT2D eigenvalue weighted by molar-refractivity contribution is 5.71. The average molecular weight is 140 g/mol. The quantitative estimate of drug-likeness (QED) is 0.433. The van der Waals surface area contributed by atoms with Crippen LogP contribution in [0.5, 0.6) is 0 Å². The first-order valence-electron chi connectivity index (χ1n) is 3.13. The van der Waals surface area contributed by atoms with Crippen molar-refractivity contribution in [3.8, 4) is 6.07 Å². The van der Waals surface area contributed by atoms with Crippen LogP contribution in [0.2, 0.25) is 0 Å². The standard InChI is InChI=1S/C7H10NO2/c1-2-3-6-10-7(9)4-5-8/h1-4,6H2. The van der Waals surface area contributed by atoms with Gasteiger partial charge in [-0.2, -0.15) is 5.26 Å². The Labute approximate surface area is 60.6 Å². The molecule has 0 saturated heterocycles. The minimum Gasteiger partial charge on any atom is -0.465 e. The number of nitrogens with zero attached hydrogens (tertiary/aromatic N) is 1. The summed E-state index contributed by atoms with van der Waals surface area (Å²) < 4.78 is 4.62. The molecule has 0 aromatic carbocycles. The van der Waals surface area contributed by atoms with Crippen LogP contribution < -0.4 is 0 Å². The third-order valence-electron chi connectivity index (χ3n) is 0.881. The van der Waals surface area contributed by atoms with Crippen molar-refractivity contribution in [3.63, 3.8) is 0 Å². The zero-order chi connectivity index (χ0) is 7.82. The fourth-order valence-electron chi connectivity index (χ4n) is 0.404. The second-order valence-corrected chi connectivity index (χ2v) is 1.76. The van der Waals surface area contributed by atoms with Gasteiger partial charge in [0.2, 0.25) is 0 Å². The van der Waals surface area contributed by atoms with Gasteiger partial charge in [0.15, 0.2) is 0 Å². The Morgan fingerprint density at radius 1 is 1.70 bits per heavy atom. The molecule has 0 saturated carbocycles. The molecule has 0 aliphatic heterocycles. The zero-order valence-electron chi connectivity index (χ0n) is 5.80. The maximum Gasteiger partial charge on any atom is 0.320 e. The van der Waals surface area contributed by atoms with E-state index >= 15 is 0 Å². The molecule has 0 spiro atoms. The predicted octanol–water partition coefficient (Wildman–Crippen LogP) is 1.06. The molecule has 0 fully saturated rings. The number of hydrogen-bond acceptors (Lipinski definition) is 3. The van der Waals surface area contributed by atoms with Gasteiger partial charge in [-0.15, -0.1) is 0 Å². The predicted molar refractivity (Wildman–Crippen MR) is 35.8 cm³/mol. The molecular formula is C7H10NO2. The summed E-state index contributed by atoms with van der Waals surface area (Å²) in [5, 5.41) is 8.03. The summed E-state index contributed by atoms with van der Waals surface area (Å²) in [4.78, 5) is 10.5. The van der Waals surface area contributed by atoms with Gasteiger partial charge >= 0.3 is 5.97 Å². The summed E-state index contributed by atoms with van der Waals surface area (Å²) >= 11 is 0. The van der Waals surface area contributed by atoms with E-state index in [4.69, 9.17) is 5.26 Å². The van der Waals surface area contributed by atoms with E-state index in [1.165, 1.54) is 0 Å². The van der Waals surface area contributed by atoms with Gasteiger partial charge in [0.1, 0.15) is 6.42 Å². The van der Waals surface area contributed by atoms with Crippen molar-refractivity contribution < 1.29 is 9.53 Å². The van der Waals surface area contributed by atoms with Gasteiger partial charge in [0.25, 0.3) is 0 Å². The van der Waals surface area contributed by atoms with Crippen LogP contribution in [-0.2, 0) is 9.53 Å². The molecule has 0 unspecified atom stereocenters. The summed E-state index contributed by atoms with van der Waals surface area (Å²) in [6, 6.07) is 1.70. The van der Waals surface area contributed by atoms with Gasteiger partial charge in [-0.1, -0.05) is 13.3 Å². The summed E-state index contributed by atoms with van der Waals surface area (Å²) in [7, 11) is 0. The maximum absolute atomic E-state index is 10.5. The highest BCUT2D eigenvalue weighted by Gasteiger charge is 1.98. The Balaban J connectivity index is 3.15. The number of nitriles is 1. The average Bonchev–Trinajstić information content (AvgIpc) is 1.89. The third kappa shape index (κ3) is 5.10. The summed E-state index contributed by atoms with van der Waals surface area (Å²) in [6.07, 6.45) is 1.36. The molecule has 0 bridgehead atoms. The molecule has 0 aliphatic rings. The fraction of sp³-hybridized carbons (Fsp3) is 0.571. The van der Waals surface area contributed by atoms with Crippen molar-refractivity contribution in [1.29, 1.82) is 5.26 Å². The van der Waals surface area contributed by atoms with E-state index in [1.807, 2.05) is 0 Å². The topological polar surface area (TPSA) is 50.1 Å². The number of unbranched alkanes of at least 4 members (excludes halogenated alkanes) is 1. The van der Waals surface area contributed by atoms with Crippen molar-refractivity contribution >= 4 is 5.97 Å². The van der Waals surface area contributed by atoms with E-state index in [-0.39, 0.29) is 6.42 Å². The van der Waals surface area contributed by atoms with Crippen LogP contribution in [0.4, 0.5) is 0 Å². The maximum atomic E-state index is 10.5. The molecular weight excluding hydrogens is 130 g/mol. The number of carbonyl (C=O) groups excluding carboxylic acids is 1. The van der Waals surface area contributed by atoms with Gasteiger partial charge < -0.3 is 4.74 Å². The summed E-state index contributed by atoms with van der Waals surface area (Å²) in [5.41, 5.74) is 0. The molecule has 0 aromatic heterocycles. The van der Waals surface area contributed by atoms with E-state index in [1.54, 1.807) is 6.07 Å². The van der Waals surface area contributed by atoms with Crippen molar-refractivity contribution in [2.24, 2.45) is 0 Å². The van der Waals surface area contributed by atoms with Crippen molar-refractivity contribution in [1.82, 2.24) is 0 Å². The van der Waals surface area contributed by atoms with Crippen LogP contribution in [-0.4, -0.2) is 12.6 Å². The molecule has 10 heavy (non-hydrogen) atoms. The molecule has 3 nitrogen and oxygen atoms in total. The smallest absolute Gasteiger partial charge is 0.320 e. The minimum atomic E-state index is -0.448. The van der Waals surface area contributed by atoms with Crippen LogP contribution in [0.1, 0.15) is 19.3 Å². The molecule has 0 aromatic rings. The first-order chi connectivity index (χ1) is 4.81. The molecule has 0 rings (SSSR count). The second-order valence-electron chi connectivity index (χ2n) is 1.76. The molecule has 55 valence electrons. The molecule has 0 N–H and O–H groups in total. The van der Waals surface area contributed by atoms with Crippen LogP contribution >= 0.6 is 0 Å². The van der Waals surface area contributed by atoms with E-state index < -0.39 is 5.97 Å². The highest BCUT2D eigenvalue weighted by atomic mass is 16.5. The highest BCUT2D eigenvalue weighted by Crippen LogP contribution is 1.89. The lowest BCUT2D eigenvalue weighted by molar-refractivity contribution is -0.142. The lowest BCUT2D eigenvalue weighted by Crippen LogP contribution is -2.03. The number of ether oxygens (including phenoxy) is 1. The third-order valence-corrected chi connectivity index (χ3v) is 0.881. The Morgan fingerprint density at radius 3 is 2.90 bits per heavy atom. The van der Waals surface area contributed by atoms with E-state index in [2.05, 4.69) is 11.7 Å². The minimum absolute atomic E-state index is 0.156. The lowest BCUT2D eigenvalue weighted by Gasteiger charge is -1.98. The summed E-state index contributed by atoms with van der Waals surface area (Å²) in [6.45, 7) is 3.95. The number of rotatable bonds is 4. The molecule has 0 aliphatic carbocycles. The Hall–Kier alpha value is -1.04. The van der Waals surface area contributed by atoms with Crippen LogP contribution in [0, 0.1) is 18.3 Å². The van der Waals surface area contributed by atoms with Crippen molar-refractivity contribution in [2.45, 2.75) is 19.3 Å². The fourth-order valence-corrected chi connectivity index (χ4v) is 0.404. The monoisotopic (exact) mass is 140 g/mol. The van der Waals surface area contributed by atoms with Gasteiger partial charge in [-0.05, 0) is 6.42 Å². The van der Waals surface area contributed by atoms with Crippen LogP contribution in [0.25, 0.3) is 0 Å². The van der Waals surface area contributed by atoms with Gasteiger partial charge in [0.05, 0.1) is 12.7 Å². The molecule has 0 amide bonds. The largest absolute Gasteiger partial charge is 0.465 e. The Morgan fingerprint density at radius 2 is 2.40 bits per heavy atom. The van der Waals surface area contributed by atoms with Crippen molar-refractivity contribution in [3.05, 3.63) is 6.92 Å². The number of esters is 1. The van der Waals surface area contributed by atoms with Crippen LogP contribution in [0.15, 0.2) is 0 Å². The lowest BCUT2D eigenvalue weighted by atomic mass is 10.4. The number of carbonyl (C=O) groups is 1. The van der Waals surface area contributed by atoms with Crippen molar-refractivity contribution in [2.75, 3.05) is 6.61 Å². The van der Waals surface area contributed by atoms with E-state index in [0.29, 0.717) is 6.61 Å². The van der Waals surface area contributed by atoms with Gasteiger partial charge in [0, 0.05) is 0 Å². The van der Waals surface area contributed by atoms with Crippen LogP contribution in [0.3, 0.4) is 0 Å². The Bertz CT molecular complexity index is 137. The molecule has 1 radical (unpaired) electrons. The first-order valence-corrected chi connectivity index (χ1v) is 3.13.